The van der Waals surface area contributed by atoms with Gasteiger partial charge >= 0.3 is 6.09 Å². The van der Waals surface area contributed by atoms with Gasteiger partial charge in [-0.05, 0) is 26.3 Å². The Kier molecular flexibility index (Phi) is 9.91. The topological polar surface area (TPSA) is 93.7 Å². The molecule has 0 aliphatic carbocycles. The fourth-order valence-electron chi connectivity index (χ4n) is 2.24. The number of nitrogens with zero attached hydrogens (tertiary/aromatic N) is 3. The first-order valence-electron chi connectivity index (χ1n) is 9.60. The van der Waals surface area contributed by atoms with Crippen LogP contribution in [0, 0.1) is 0 Å². The summed E-state index contributed by atoms with van der Waals surface area (Å²) in [6, 6.07) is 0. The average Bonchev–Trinajstić information content (AvgIpc) is 2.71. The molecule has 0 radical (unpaired) electrons. The lowest BCUT2D eigenvalue weighted by molar-refractivity contribution is 0.0582. The Hall–Kier alpha value is -3.68. The van der Waals surface area contributed by atoms with Crippen LogP contribution in [0.2, 0.25) is 0 Å². The van der Waals surface area contributed by atoms with E-state index in [1.807, 2.05) is 0 Å². The lowest BCUT2D eigenvalue weighted by atomic mass is 10.2. The highest BCUT2D eigenvalue weighted by Crippen LogP contribution is 2.26. The van der Waals surface area contributed by atoms with Crippen molar-refractivity contribution in [1.82, 2.24) is 9.97 Å². The molecule has 0 saturated heterocycles. The van der Waals surface area contributed by atoms with Gasteiger partial charge in [0.05, 0.1) is 6.54 Å². The Labute approximate surface area is 183 Å². The van der Waals surface area contributed by atoms with Crippen LogP contribution in [0.25, 0.3) is 0 Å². The highest BCUT2D eigenvalue weighted by atomic mass is 16.6. The average molecular weight is 427 g/mol. The monoisotopic (exact) mass is 426 g/mol. The number of carbonyl (C=O) groups is 2. The van der Waals surface area contributed by atoms with Crippen molar-refractivity contribution >= 4 is 24.1 Å². The van der Waals surface area contributed by atoms with Gasteiger partial charge in [-0.25, -0.2) is 9.69 Å². The minimum Gasteiger partial charge on any atom is -0.472 e. The van der Waals surface area contributed by atoms with Crippen molar-refractivity contribution in [2.75, 3.05) is 29.9 Å². The second-order valence-electron chi connectivity index (χ2n) is 7.23. The molecule has 166 valence electrons. The zero-order valence-electron chi connectivity index (χ0n) is 18.4. The van der Waals surface area contributed by atoms with Gasteiger partial charge in [0.25, 0.3) is 0 Å². The first-order valence-corrected chi connectivity index (χ1v) is 9.60. The van der Waals surface area contributed by atoms with Gasteiger partial charge in [0.1, 0.15) is 23.6 Å². The van der Waals surface area contributed by atoms with Crippen LogP contribution in [0.4, 0.5) is 16.6 Å². The van der Waals surface area contributed by atoms with E-state index in [0.29, 0.717) is 12.8 Å². The van der Waals surface area contributed by atoms with Crippen LogP contribution in [0.5, 0.6) is 5.88 Å². The van der Waals surface area contributed by atoms with Gasteiger partial charge in [-0.1, -0.05) is 43.5 Å². The minimum atomic E-state index is -0.725. The smallest absolute Gasteiger partial charge is 0.417 e. The number of ether oxygens (including phenoxy) is 2. The van der Waals surface area contributed by atoms with Crippen LogP contribution >= 0.6 is 0 Å². The van der Waals surface area contributed by atoms with Crippen LogP contribution in [0.15, 0.2) is 62.3 Å². The largest absolute Gasteiger partial charge is 0.472 e. The molecule has 1 aromatic heterocycles. The van der Waals surface area contributed by atoms with Crippen molar-refractivity contribution in [3.63, 3.8) is 0 Å². The SMILES string of the molecule is C=CC=C(C=C)COc1nc(N(CC=C)C(=O)OC(C)(C)C)nc(NCC=C)c1C=O. The van der Waals surface area contributed by atoms with Crippen LogP contribution in [0.1, 0.15) is 31.1 Å². The summed E-state index contributed by atoms with van der Waals surface area (Å²) in [6.07, 6.45) is 7.96. The van der Waals surface area contributed by atoms with E-state index >= 15 is 0 Å². The van der Waals surface area contributed by atoms with Crippen molar-refractivity contribution in [1.29, 1.82) is 0 Å². The molecule has 1 aromatic rings. The van der Waals surface area contributed by atoms with Crippen molar-refractivity contribution < 1.29 is 19.1 Å². The van der Waals surface area contributed by atoms with E-state index in [1.54, 1.807) is 45.1 Å². The standard InChI is InChI=1S/C23H30N4O4/c1-8-12-17(11-4)16-30-20-18(15-28)19(24-13-9-2)25-21(26-20)27(14-10-3)22(29)31-23(5,6)7/h8-12,15H,1-4,13-14,16H2,5-7H3,(H,24,25,26). The summed E-state index contributed by atoms with van der Waals surface area (Å²) in [6.45, 7) is 20.4. The molecule has 0 spiro atoms. The minimum absolute atomic E-state index is 0.000922. The van der Waals surface area contributed by atoms with E-state index in [1.165, 1.54) is 11.0 Å². The zero-order valence-corrected chi connectivity index (χ0v) is 18.4. The molecule has 0 saturated carbocycles. The quantitative estimate of drug-likeness (QED) is 0.299. The van der Waals surface area contributed by atoms with Gasteiger partial charge in [-0.3, -0.25) is 4.79 Å². The molecule has 1 heterocycles. The second kappa shape index (κ2) is 12.1. The summed E-state index contributed by atoms with van der Waals surface area (Å²) >= 11 is 0. The number of amides is 1. The molecule has 8 nitrogen and oxygen atoms in total. The third-order valence-electron chi connectivity index (χ3n) is 3.57. The summed E-state index contributed by atoms with van der Waals surface area (Å²) in [5.74, 6) is 0.190. The molecule has 1 N–H and O–H groups in total. The Morgan fingerprint density at radius 2 is 1.87 bits per heavy atom. The Morgan fingerprint density at radius 3 is 2.39 bits per heavy atom. The number of nitrogens with one attached hydrogen (secondary N) is 1. The highest BCUT2D eigenvalue weighted by Gasteiger charge is 2.27. The molecule has 1 amide bonds. The van der Waals surface area contributed by atoms with Gasteiger partial charge in [0, 0.05) is 6.54 Å². The maximum atomic E-state index is 12.7. The number of aldehydes is 1. The lowest BCUT2D eigenvalue weighted by Crippen LogP contribution is -2.38. The van der Waals surface area contributed by atoms with Gasteiger partial charge in [-0.15, -0.1) is 13.2 Å². The Bertz CT molecular complexity index is 869. The van der Waals surface area contributed by atoms with Crippen molar-refractivity contribution in [2.24, 2.45) is 0 Å². The zero-order chi connectivity index (χ0) is 23.4. The first kappa shape index (κ1) is 25.4. The highest BCUT2D eigenvalue weighted by molar-refractivity contribution is 5.89. The number of hydrogen-bond acceptors (Lipinski definition) is 7. The van der Waals surface area contributed by atoms with E-state index in [9.17, 15) is 9.59 Å². The predicted molar refractivity (Wildman–Crippen MR) is 124 cm³/mol. The summed E-state index contributed by atoms with van der Waals surface area (Å²) < 4.78 is 11.2. The van der Waals surface area contributed by atoms with Crippen molar-refractivity contribution in [3.05, 3.63) is 67.8 Å². The molecule has 0 aliphatic heterocycles. The number of anilines is 2. The van der Waals surface area contributed by atoms with Crippen LogP contribution in [0.3, 0.4) is 0 Å². The molecule has 0 aliphatic rings. The van der Waals surface area contributed by atoms with Crippen molar-refractivity contribution in [3.8, 4) is 5.88 Å². The molecule has 0 bridgehead atoms. The van der Waals surface area contributed by atoms with Gasteiger partial charge in [0.2, 0.25) is 11.8 Å². The molecule has 31 heavy (non-hydrogen) atoms. The Balaban J connectivity index is 3.50. The Morgan fingerprint density at radius 1 is 1.16 bits per heavy atom. The summed E-state index contributed by atoms with van der Waals surface area (Å²) in [5, 5.41) is 2.97. The van der Waals surface area contributed by atoms with E-state index in [0.717, 1.165) is 5.57 Å². The maximum Gasteiger partial charge on any atom is 0.417 e. The van der Waals surface area contributed by atoms with Crippen LogP contribution < -0.4 is 15.0 Å². The number of aromatic nitrogens is 2. The summed E-state index contributed by atoms with van der Waals surface area (Å²) in [5.41, 5.74) is 0.106. The van der Waals surface area contributed by atoms with E-state index in [2.05, 4.69) is 41.6 Å². The van der Waals surface area contributed by atoms with Gasteiger partial charge in [0.15, 0.2) is 6.29 Å². The van der Waals surface area contributed by atoms with Crippen LogP contribution in [-0.4, -0.2) is 47.6 Å². The number of hydrogen-bond donors (Lipinski definition) is 1. The van der Waals surface area contributed by atoms with Gasteiger partial charge in [-0.2, -0.15) is 9.97 Å². The molecule has 8 heteroatoms. The maximum absolute atomic E-state index is 12.7. The molecule has 1 rings (SSSR count). The van der Waals surface area contributed by atoms with E-state index in [-0.39, 0.29) is 36.4 Å². The molecular formula is C23H30N4O4. The first-order chi connectivity index (χ1) is 14.7. The summed E-state index contributed by atoms with van der Waals surface area (Å²) in [7, 11) is 0. The third-order valence-corrected chi connectivity index (χ3v) is 3.57. The molecular weight excluding hydrogens is 396 g/mol. The van der Waals surface area contributed by atoms with E-state index in [4.69, 9.17) is 9.47 Å². The molecule has 0 aromatic carbocycles. The summed E-state index contributed by atoms with van der Waals surface area (Å²) in [4.78, 5) is 34.4. The number of allylic oxidation sites excluding steroid dienone is 2. The number of rotatable bonds is 12. The molecule has 0 unspecified atom stereocenters. The number of carbonyl (C=O) groups excluding carboxylic acids is 2. The third kappa shape index (κ3) is 7.93. The van der Waals surface area contributed by atoms with E-state index < -0.39 is 11.7 Å². The lowest BCUT2D eigenvalue weighted by Gasteiger charge is -2.26. The predicted octanol–water partition coefficient (Wildman–Crippen LogP) is 4.49. The van der Waals surface area contributed by atoms with Gasteiger partial charge < -0.3 is 14.8 Å². The van der Waals surface area contributed by atoms with Crippen molar-refractivity contribution in [2.45, 2.75) is 26.4 Å². The fraction of sp³-hybridized carbons (Fsp3) is 0.304. The second-order valence-corrected chi connectivity index (χ2v) is 7.23. The fourth-order valence-corrected chi connectivity index (χ4v) is 2.24. The normalized spacial score (nSPS) is 11.1. The molecule has 0 fully saturated rings. The molecule has 0 atom stereocenters. The van der Waals surface area contributed by atoms with Crippen LogP contribution in [-0.2, 0) is 4.74 Å².